The van der Waals surface area contributed by atoms with Crippen LogP contribution in [-0.4, -0.2) is 32.9 Å². The van der Waals surface area contributed by atoms with Crippen LogP contribution in [0.15, 0.2) is 18.2 Å². The lowest BCUT2D eigenvalue weighted by Crippen LogP contribution is -2.42. The van der Waals surface area contributed by atoms with Crippen molar-refractivity contribution >= 4 is 0 Å². The zero-order valence-corrected chi connectivity index (χ0v) is 11.7. The smallest absolute Gasteiger partial charge is 0.110 e. The first-order valence-electron chi connectivity index (χ1n) is 7.36. The van der Waals surface area contributed by atoms with Crippen molar-refractivity contribution in [2.24, 2.45) is 0 Å². The highest BCUT2D eigenvalue weighted by atomic mass is 16.5. The molecule has 1 saturated heterocycles. The summed E-state index contributed by atoms with van der Waals surface area (Å²) in [5.74, 6) is 0. The Morgan fingerprint density at radius 2 is 2.21 bits per heavy atom. The van der Waals surface area contributed by atoms with Crippen LogP contribution in [0, 0.1) is 0 Å². The van der Waals surface area contributed by atoms with Crippen molar-refractivity contribution in [2.75, 3.05) is 26.8 Å². The third-order valence-corrected chi connectivity index (χ3v) is 4.29. The number of hydrogen-bond donors (Lipinski definition) is 1. The van der Waals surface area contributed by atoms with Crippen molar-refractivity contribution in [3.63, 3.8) is 0 Å². The molecule has 2 aliphatic rings. The second-order valence-electron chi connectivity index (χ2n) is 5.46. The number of rotatable bonds is 3. The molecule has 0 saturated carbocycles. The fourth-order valence-corrected chi connectivity index (χ4v) is 3.34. The molecule has 2 unspecified atom stereocenters. The third-order valence-electron chi connectivity index (χ3n) is 4.29. The number of morpholine rings is 1. The van der Waals surface area contributed by atoms with E-state index in [1.54, 1.807) is 7.11 Å². The van der Waals surface area contributed by atoms with Gasteiger partial charge in [0.05, 0.1) is 6.61 Å². The van der Waals surface area contributed by atoms with E-state index in [9.17, 15) is 0 Å². The van der Waals surface area contributed by atoms with Gasteiger partial charge in [-0.25, -0.2) is 0 Å². The average Bonchev–Trinajstić information content (AvgIpc) is 2.49. The molecule has 2 atom stereocenters. The first-order chi connectivity index (χ1) is 9.40. The predicted molar refractivity (Wildman–Crippen MR) is 75.4 cm³/mol. The molecule has 3 heteroatoms. The van der Waals surface area contributed by atoms with Gasteiger partial charge in [0.25, 0.3) is 0 Å². The van der Waals surface area contributed by atoms with Crippen LogP contribution in [0.2, 0.25) is 0 Å². The minimum atomic E-state index is 0.0563. The highest BCUT2D eigenvalue weighted by Gasteiger charge is 2.28. The molecule has 19 heavy (non-hydrogen) atoms. The molecule has 1 aliphatic heterocycles. The van der Waals surface area contributed by atoms with Gasteiger partial charge in [-0.1, -0.05) is 18.2 Å². The molecule has 0 bridgehead atoms. The van der Waals surface area contributed by atoms with Gasteiger partial charge in [-0.05, 0) is 42.4 Å². The molecular formula is C16H23NO2. The van der Waals surface area contributed by atoms with E-state index < -0.39 is 0 Å². The maximum Gasteiger partial charge on any atom is 0.110 e. The highest BCUT2D eigenvalue weighted by molar-refractivity contribution is 5.39. The molecule has 0 radical (unpaired) electrons. The van der Waals surface area contributed by atoms with E-state index in [0.29, 0.717) is 0 Å². The quantitative estimate of drug-likeness (QED) is 0.905. The summed E-state index contributed by atoms with van der Waals surface area (Å²) in [7, 11) is 1.80. The van der Waals surface area contributed by atoms with Crippen molar-refractivity contribution in [1.82, 2.24) is 5.32 Å². The number of hydrogen-bond acceptors (Lipinski definition) is 3. The van der Waals surface area contributed by atoms with E-state index in [0.717, 1.165) is 19.7 Å². The molecule has 1 fully saturated rings. The molecule has 1 aromatic carbocycles. The summed E-state index contributed by atoms with van der Waals surface area (Å²) in [6, 6.07) is 6.66. The number of aryl methyl sites for hydroxylation is 1. The average molecular weight is 261 g/mol. The Bertz CT molecular complexity index is 427. The van der Waals surface area contributed by atoms with Gasteiger partial charge in [-0.2, -0.15) is 0 Å². The Hall–Kier alpha value is -0.900. The highest BCUT2D eigenvalue weighted by Crippen LogP contribution is 2.32. The van der Waals surface area contributed by atoms with Gasteiger partial charge >= 0.3 is 0 Å². The SMILES string of the molecule is COC(c1cccc2c1CCCC2)C1CNCCO1. The largest absolute Gasteiger partial charge is 0.374 e. The summed E-state index contributed by atoms with van der Waals surface area (Å²) < 4.78 is 11.7. The Morgan fingerprint density at radius 1 is 1.32 bits per heavy atom. The van der Waals surface area contributed by atoms with E-state index in [2.05, 4.69) is 23.5 Å². The van der Waals surface area contributed by atoms with Crippen molar-refractivity contribution in [1.29, 1.82) is 0 Å². The molecule has 104 valence electrons. The molecule has 0 amide bonds. The van der Waals surface area contributed by atoms with Crippen LogP contribution in [0.4, 0.5) is 0 Å². The maximum absolute atomic E-state index is 5.89. The first kappa shape index (κ1) is 13.1. The maximum atomic E-state index is 5.89. The Balaban J connectivity index is 1.90. The van der Waals surface area contributed by atoms with Gasteiger partial charge < -0.3 is 14.8 Å². The zero-order chi connectivity index (χ0) is 13.1. The number of methoxy groups -OCH3 is 1. The van der Waals surface area contributed by atoms with Crippen molar-refractivity contribution in [2.45, 2.75) is 37.9 Å². The Kier molecular flexibility index (Phi) is 4.16. The number of nitrogens with one attached hydrogen (secondary N) is 1. The lowest BCUT2D eigenvalue weighted by molar-refractivity contribution is -0.0712. The van der Waals surface area contributed by atoms with Gasteiger partial charge in [0.1, 0.15) is 12.2 Å². The van der Waals surface area contributed by atoms with Gasteiger partial charge in [-0.3, -0.25) is 0 Å². The molecule has 1 heterocycles. The van der Waals surface area contributed by atoms with Crippen molar-refractivity contribution < 1.29 is 9.47 Å². The van der Waals surface area contributed by atoms with Crippen LogP contribution in [0.25, 0.3) is 0 Å². The second kappa shape index (κ2) is 6.04. The molecule has 3 rings (SSSR count). The zero-order valence-electron chi connectivity index (χ0n) is 11.7. The summed E-state index contributed by atoms with van der Waals surface area (Å²) >= 11 is 0. The van der Waals surface area contributed by atoms with Crippen LogP contribution in [0.1, 0.15) is 35.6 Å². The molecule has 1 aliphatic carbocycles. The van der Waals surface area contributed by atoms with E-state index in [-0.39, 0.29) is 12.2 Å². The van der Waals surface area contributed by atoms with Crippen LogP contribution in [0.5, 0.6) is 0 Å². The van der Waals surface area contributed by atoms with Gasteiger partial charge in [0, 0.05) is 20.2 Å². The van der Waals surface area contributed by atoms with Crippen LogP contribution < -0.4 is 5.32 Å². The van der Waals surface area contributed by atoms with Crippen LogP contribution >= 0.6 is 0 Å². The molecule has 1 aromatic rings. The first-order valence-corrected chi connectivity index (χ1v) is 7.36. The van der Waals surface area contributed by atoms with E-state index in [1.165, 1.54) is 42.4 Å². The fourth-order valence-electron chi connectivity index (χ4n) is 3.34. The molecular weight excluding hydrogens is 238 g/mol. The van der Waals surface area contributed by atoms with Gasteiger partial charge in [-0.15, -0.1) is 0 Å². The number of fused-ring (bicyclic) bond motifs is 1. The monoisotopic (exact) mass is 261 g/mol. The molecule has 0 aromatic heterocycles. The van der Waals surface area contributed by atoms with E-state index in [4.69, 9.17) is 9.47 Å². The molecule has 0 spiro atoms. The van der Waals surface area contributed by atoms with Crippen molar-refractivity contribution in [3.8, 4) is 0 Å². The van der Waals surface area contributed by atoms with Crippen LogP contribution in [-0.2, 0) is 22.3 Å². The summed E-state index contributed by atoms with van der Waals surface area (Å²) in [5, 5.41) is 3.39. The number of ether oxygens (including phenoxy) is 2. The predicted octanol–water partition coefficient (Wildman–Crippen LogP) is 2.24. The standard InChI is InChI=1S/C16H23NO2/c1-18-16(15-11-17-9-10-19-15)14-8-4-6-12-5-2-3-7-13(12)14/h4,6,8,15-17H,2-3,5,7,9-11H2,1H3. The lowest BCUT2D eigenvalue weighted by Gasteiger charge is -2.32. The summed E-state index contributed by atoms with van der Waals surface area (Å²) in [6.07, 6.45) is 5.20. The van der Waals surface area contributed by atoms with Gasteiger partial charge in [0.2, 0.25) is 0 Å². The van der Waals surface area contributed by atoms with Crippen LogP contribution in [0.3, 0.4) is 0 Å². The molecule has 1 N–H and O–H groups in total. The molecule has 3 nitrogen and oxygen atoms in total. The van der Waals surface area contributed by atoms with E-state index in [1.807, 2.05) is 0 Å². The lowest BCUT2D eigenvalue weighted by atomic mass is 9.85. The van der Waals surface area contributed by atoms with Crippen molar-refractivity contribution in [3.05, 3.63) is 34.9 Å². The summed E-state index contributed by atoms with van der Waals surface area (Å²) in [4.78, 5) is 0. The number of benzene rings is 1. The topological polar surface area (TPSA) is 30.5 Å². The third kappa shape index (κ3) is 2.69. The normalized spacial score (nSPS) is 24.8. The Labute approximate surface area is 115 Å². The minimum absolute atomic E-state index is 0.0563. The Morgan fingerprint density at radius 3 is 3.00 bits per heavy atom. The fraction of sp³-hybridized carbons (Fsp3) is 0.625. The summed E-state index contributed by atoms with van der Waals surface area (Å²) in [6.45, 7) is 2.60. The second-order valence-corrected chi connectivity index (χ2v) is 5.46. The van der Waals surface area contributed by atoms with Gasteiger partial charge in [0.15, 0.2) is 0 Å². The minimum Gasteiger partial charge on any atom is -0.374 e. The van der Waals surface area contributed by atoms with E-state index >= 15 is 0 Å². The summed E-state index contributed by atoms with van der Waals surface area (Å²) in [5.41, 5.74) is 4.36.